The maximum absolute atomic E-state index is 10.5. The molecule has 1 aromatic carbocycles. The molecule has 0 spiro atoms. The fraction of sp³-hybridized carbons (Fsp3) is 0.500. The molecule has 5 heteroatoms. The van der Waals surface area contributed by atoms with Gasteiger partial charge in [-0.3, -0.25) is 4.79 Å². The first kappa shape index (κ1) is 14.2. The van der Waals surface area contributed by atoms with Crippen molar-refractivity contribution in [3.63, 3.8) is 0 Å². The van der Waals surface area contributed by atoms with E-state index in [1.54, 1.807) is 0 Å². The number of nitrogens with zero attached hydrogens (tertiary/aromatic N) is 1. The number of ether oxygens (including phenoxy) is 1. The van der Waals surface area contributed by atoms with Crippen molar-refractivity contribution in [1.29, 1.82) is 0 Å². The van der Waals surface area contributed by atoms with Crippen molar-refractivity contribution in [2.24, 2.45) is 0 Å². The van der Waals surface area contributed by atoms with Gasteiger partial charge in [0.05, 0.1) is 0 Å². The lowest BCUT2D eigenvalue weighted by atomic mass is 10.1. The number of halogens is 1. The second kappa shape index (κ2) is 6.26. The van der Waals surface area contributed by atoms with Crippen molar-refractivity contribution < 1.29 is 14.6 Å². The van der Waals surface area contributed by atoms with Crippen molar-refractivity contribution in [3.8, 4) is 5.75 Å². The van der Waals surface area contributed by atoms with Gasteiger partial charge in [0.15, 0.2) is 0 Å². The van der Waals surface area contributed by atoms with E-state index >= 15 is 0 Å². The molecule has 0 saturated carbocycles. The molecule has 0 bridgehead atoms. The predicted molar refractivity (Wildman–Crippen MR) is 73.9 cm³/mol. The van der Waals surface area contributed by atoms with Crippen LogP contribution in [0.1, 0.15) is 18.4 Å². The van der Waals surface area contributed by atoms with Crippen LogP contribution in [0.15, 0.2) is 18.2 Å². The highest BCUT2D eigenvalue weighted by molar-refractivity contribution is 6.30. The SMILES string of the molecule is CN(CCCC(=O)O)CC1Cc2cc(Cl)ccc2O1. The monoisotopic (exact) mass is 283 g/mol. The topological polar surface area (TPSA) is 49.8 Å². The minimum atomic E-state index is -0.743. The lowest BCUT2D eigenvalue weighted by molar-refractivity contribution is -0.137. The van der Waals surface area contributed by atoms with Gasteiger partial charge in [0.25, 0.3) is 0 Å². The Bertz CT molecular complexity index is 464. The van der Waals surface area contributed by atoms with Crippen LogP contribution in [0.25, 0.3) is 0 Å². The fourth-order valence-electron chi connectivity index (χ4n) is 2.33. The number of carboxylic acids is 1. The first-order valence-corrected chi connectivity index (χ1v) is 6.78. The first-order valence-electron chi connectivity index (χ1n) is 6.40. The second-order valence-corrected chi connectivity index (χ2v) is 5.39. The van der Waals surface area contributed by atoms with Gasteiger partial charge in [-0.1, -0.05) is 11.6 Å². The molecule has 1 aliphatic heterocycles. The number of hydrogen-bond donors (Lipinski definition) is 1. The quantitative estimate of drug-likeness (QED) is 0.871. The van der Waals surface area contributed by atoms with E-state index in [0.717, 1.165) is 35.8 Å². The Morgan fingerprint density at radius 3 is 3.11 bits per heavy atom. The van der Waals surface area contributed by atoms with E-state index in [1.807, 2.05) is 25.2 Å². The number of carboxylic acid groups (broad SMARTS) is 1. The predicted octanol–water partition coefficient (Wildman–Crippen LogP) is 2.44. The van der Waals surface area contributed by atoms with Gasteiger partial charge >= 0.3 is 5.97 Å². The molecule has 0 radical (unpaired) electrons. The van der Waals surface area contributed by atoms with Gasteiger partial charge in [0.1, 0.15) is 11.9 Å². The Labute approximate surface area is 117 Å². The normalized spacial score (nSPS) is 17.3. The van der Waals surface area contributed by atoms with Crippen LogP contribution in [0.3, 0.4) is 0 Å². The molecule has 1 unspecified atom stereocenters. The molecule has 1 aliphatic rings. The minimum absolute atomic E-state index is 0.128. The lowest BCUT2D eigenvalue weighted by Crippen LogP contribution is -2.32. The molecule has 1 atom stereocenters. The van der Waals surface area contributed by atoms with Crippen LogP contribution in [-0.2, 0) is 11.2 Å². The van der Waals surface area contributed by atoms with Crippen LogP contribution in [0, 0.1) is 0 Å². The van der Waals surface area contributed by atoms with Crippen LogP contribution in [-0.4, -0.2) is 42.2 Å². The van der Waals surface area contributed by atoms with E-state index in [0.29, 0.717) is 6.42 Å². The molecular weight excluding hydrogens is 266 g/mol. The third-order valence-corrected chi connectivity index (χ3v) is 3.44. The standard InChI is InChI=1S/C14H18ClNO3/c1-16(6-2-3-14(17)18)9-12-8-10-7-11(15)4-5-13(10)19-12/h4-5,7,12H,2-3,6,8-9H2,1H3,(H,17,18). The number of aliphatic carboxylic acids is 1. The largest absolute Gasteiger partial charge is 0.488 e. The minimum Gasteiger partial charge on any atom is -0.488 e. The third-order valence-electron chi connectivity index (χ3n) is 3.21. The average molecular weight is 284 g/mol. The summed E-state index contributed by atoms with van der Waals surface area (Å²) in [6, 6.07) is 5.68. The molecule has 104 valence electrons. The average Bonchev–Trinajstić information content (AvgIpc) is 2.69. The summed E-state index contributed by atoms with van der Waals surface area (Å²) in [6.07, 6.45) is 1.87. The highest BCUT2D eigenvalue weighted by Gasteiger charge is 2.23. The van der Waals surface area contributed by atoms with E-state index in [1.165, 1.54) is 0 Å². The van der Waals surface area contributed by atoms with Crippen molar-refractivity contribution in [1.82, 2.24) is 4.90 Å². The summed E-state index contributed by atoms with van der Waals surface area (Å²) >= 11 is 5.95. The smallest absolute Gasteiger partial charge is 0.303 e. The Morgan fingerprint density at radius 1 is 1.58 bits per heavy atom. The zero-order chi connectivity index (χ0) is 13.8. The van der Waals surface area contributed by atoms with E-state index in [9.17, 15) is 4.79 Å². The summed E-state index contributed by atoms with van der Waals surface area (Å²) < 4.78 is 5.84. The zero-order valence-corrected chi connectivity index (χ0v) is 11.7. The van der Waals surface area contributed by atoms with Gasteiger partial charge in [0.2, 0.25) is 0 Å². The first-order chi connectivity index (χ1) is 9.04. The highest BCUT2D eigenvalue weighted by atomic mass is 35.5. The van der Waals surface area contributed by atoms with E-state index in [2.05, 4.69) is 4.90 Å². The van der Waals surface area contributed by atoms with Gasteiger partial charge < -0.3 is 14.7 Å². The maximum Gasteiger partial charge on any atom is 0.303 e. The molecule has 19 heavy (non-hydrogen) atoms. The van der Waals surface area contributed by atoms with Gasteiger partial charge in [-0.15, -0.1) is 0 Å². The van der Waals surface area contributed by atoms with Crippen LogP contribution in [0.2, 0.25) is 5.02 Å². The fourth-order valence-corrected chi connectivity index (χ4v) is 2.52. The molecule has 1 heterocycles. The Hall–Kier alpha value is -1.26. The number of benzene rings is 1. The van der Waals surface area contributed by atoms with E-state index in [-0.39, 0.29) is 12.5 Å². The summed E-state index contributed by atoms with van der Waals surface area (Å²) in [7, 11) is 1.99. The molecule has 0 aromatic heterocycles. The highest BCUT2D eigenvalue weighted by Crippen LogP contribution is 2.31. The number of rotatable bonds is 6. The van der Waals surface area contributed by atoms with E-state index < -0.39 is 5.97 Å². The second-order valence-electron chi connectivity index (χ2n) is 4.96. The Morgan fingerprint density at radius 2 is 2.37 bits per heavy atom. The Kier molecular flexibility index (Phi) is 4.66. The van der Waals surface area contributed by atoms with Gasteiger partial charge in [-0.25, -0.2) is 0 Å². The number of fused-ring (bicyclic) bond motifs is 1. The molecule has 0 saturated heterocycles. The lowest BCUT2D eigenvalue weighted by Gasteiger charge is -2.20. The maximum atomic E-state index is 10.5. The third kappa shape index (κ3) is 4.11. The number of carbonyl (C=O) groups is 1. The van der Waals surface area contributed by atoms with Crippen LogP contribution in [0.5, 0.6) is 5.75 Å². The molecule has 1 aromatic rings. The number of likely N-dealkylation sites (N-methyl/N-ethyl adjacent to an activating group) is 1. The molecular formula is C14H18ClNO3. The van der Waals surface area contributed by atoms with Crippen molar-refractivity contribution in [2.75, 3.05) is 20.1 Å². The summed E-state index contributed by atoms with van der Waals surface area (Å²) in [5.74, 6) is 0.167. The summed E-state index contributed by atoms with van der Waals surface area (Å²) in [6.45, 7) is 1.56. The van der Waals surface area contributed by atoms with Crippen molar-refractivity contribution >= 4 is 17.6 Å². The molecule has 1 N–H and O–H groups in total. The van der Waals surface area contributed by atoms with E-state index in [4.69, 9.17) is 21.4 Å². The van der Waals surface area contributed by atoms with Gasteiger partial charge in [-0.05, 0) is 43.8 Å². The summed E-state index contributed by atoms with van der Waals surface area (Å²) in [4.78, 5) is 12.6. The number of hydrogen-bond acceptors (Lipinski definition) is 3. The molecule has 0 aliphatic carbocycles. The van der Waals surface area contributed by atoms with Crippen molar-refractivity contribution in [3.05, 3.63) is 28.8 Å². The zero-order valence-electron chi connectivity index (χ0n) is 10.9. The van der Waals surface area contributed by atoms with Crippen molar-refractivity contribution in [2.45, 2.75) is 25.4 Å². The molecule has 0 fully saturated rings. The summed E-state index contributed by atoms with van der Waals surface area (Å²) in [5, 5.41) is 9.33. The van der Waals surface area contributed by atoms with Crippen LogP contribution < -0.4 is 4.74 Å². The van der Waals surface area contributed by atoms with Gasteiger partial charge in [0, 0.05) is 24.4 Å². The van der Waals surface area contributed by atoms with Crippen LogP contribution >= 0.6 is 11.6 Å². The molecule has 0 amide bonds. The summed E-state index contributed by atoms with van der Waals surface area (Å²) in [5.41, 5.74) is 1.15. The Balaban J connectivity index is 1.78. The van der Waals surface area contributed by atoms with Gasteiger partial charge in [-0.2, -0.15) is 0 Å². The van der Waals surface area contributed by atoms with Crippen LogP contribution in [0.4, 0.5) is 0 Å². The molecule has 2 rings (SSSR count). The molecule has 4 nitrogen and oxygen atoms in total.